The van der Waals surface area contributed by atoms with E-state index in [0.717, 1.165) is 11.5 Å². The molecule has 92 valence electrons. The van der Waals surface area contributed by atoms with E-state index in [-0.39, 0.29) is 26.3 Å². The average Bonchev–Trinajstić information content (AvgIpc) is 2.45. The first-order valence-electron chi connectivity index (χ1n) is 5.53. The SMILES string of the molecule is COc1ccccc1[As]=[As]c1ccccc1OC. The van der Waals surface area contributed by atoms with Gasteiger partial charge in [0.25, 0.3) is 0 Å². The predicted octanol–water partition coefficient (Wildman–Crippen LogP) is 0.978. The first-order chi connectivity index (χ1) is 8.85. The summed E-state index contributed by atoms with van der Waals surface area (Å²) < 4.78 is 13.5. The summed E-state index contributed by atoms with van der Waals surface area (Å²) >= 11 is 0.284. The molecule has 0 heterocycles. The number of methoxy groups -OCH3 is 2. The van der Waals surface area contributed by atoms with Gasteiger partial charge in [-0.1, -0.05) is 0 Å². The molecule has 0 N–H and O–H groups in total. The molecule has 2 aromatic carbocycles. The molecular formula is C14H14As2O2. The Balaban J connectivity index is 2.30. The molecule has 2 nitrogen and oxygen atoms in total. The predicted molar refractivity (Wildman–Crippen MR) is 76.8 cm³/mol. The fraction of sp³-hybridized carbons (Fsp3) is 0.143. The second-order valence-electron chi connectivity index (χ2n) is 3.54. The van der Waals surface area contributed by atoms with E-state index in [1.807, 2.05) is 24.3 Å². The van der Waals surface area contributed by atoms with Crippen molar-refractivity contribution >= 4 is 35.0 Å². The van der Waals surface area contributed by atoms with Crippen LogP contribution in [0.4, 0.5) is 0 Å². The topological polar surface area (TPSA) is 18.5 Å². The fourth-order valence-corrected chi connectivity index (χ4v) is 9.69. The summed E-state index contributed by atoms with van der Waals surface area (Å²) in [6.07, 6.45) is 0. The first-order valence-corrected chi connectivity index (χ1v) is 12.6. The summed E-state index contributed by atoms with van der Waals surface area (Å²) in [6, 6.07) is 16.6. The Bertz CT molecular complexity index is 503. The van der Waals surface area contributed by atoms with Crippen LogP contribution in [0.1, 0.15) is 0 Å². The first kappa shape index (κ1) is 13.6. The summed E-state index contributed by atoms with van der Waals surface area (Å²) in [6.45, 7) is 0. The number of para-hydroxylation sites is 2. The van der Waals surface area contributed by atoms with Crippen molar-refractivity contribution in [2.24, 2.45) is 0 Å². The summed E-state index contributed by atoms with van der Waals surface area (Å²) in [5.74, 6) is 2.03. The molecule has 0 spiro atoms. The molecule has 0 saturated carbocycles. The van der Waals surface area contributed by atoms with E-state index in [1.54, 1.807) is 14.2 Å². The summed E-state index contributed by atoms with van der Waals surface area (Å²) in [5, 5.41) is 0. The van der Waals surface area contributed by atoms with Gasteiger partial charge in [0, 0.05) is 0 Å². The second kappa shape index (κ2) is 6.92. The van der Waals surface area contributed by atoms with Crippen molar-refractivity contribution in [1.29, 1.82) is 0 Å². The molecule has 0 fully saturated rings. The quantitative estimate of drug-likeness (QED) is 0.754. The maximum absolute atomic E-state index is 5.40. The van der Waals surface area contributed by atoms with Gasteiger partial charge in [0.15, 0.2) is 0 Å². The Morgan fingerprint density at radius 2 is 1.06 bits per heavy atom. The molecule has 2 rings (SSSR count). The number of benzene rings is 2. The van der Waals surface area contributed by atoms with Crippen molar-refractivity contribution in [1.82, 2.24) is 0 Å². The Morgan fingerprint density at radius 1 is 0.667 bits per heavy atom. The molecule has 18 heavy (non-hydrogen) atoms. The van der Waals surface area contributed by atoms with E-state index in [0.29, 0.717) is 0 Å². The van der Waals surface area contributed by atoms with Crippen LogP contribution in [0, 0.1) is 0 Å². The molecule has 0 aliphatic heterocycles. The number of rotatable bonds is 4. The minimum atomic E-state index is 0.142. The van der Waals surface area contributed by atoms with Crippen LogP contribution in [-0.2, 0) is 0 Å². The van der Waals surface area contributed by atoms with Crippen LogP contribution in [0.3, 0.4) is 0 Å². The van der Waals surface area contributed by atoms with Crippen LogP contribution in [0.15, 0.2) is 48.5 Å². The molecule has 0 radical (unpaired) electrons. The molecule has 0 aliphatic rings. The van der Waals surface area contributed by atoms with Gasteiger partial charge in [-0.2, -0.15) is 0 Å². The zero-order chi connectivity index (χ0) is 12.8. The van der Waals surface area contributed by atoms with Crippen LogP contribution in [0.5, 0.6) is 11.5 Å². The van der Waals surface area contributed by atoms with Gasteiger partial charge in [-0.05, 0) is 0 Å². The standard InChI is InChI=1S/C14H14As2O2/c1-17-13-9-5-3-7-11(13)15-16-12-8-4-6-10-14(12)18-2/h3-10H,1-2H3. The van der Waals surface area contributed by atoms with Crippen molar-refractivity contribution in [2.45, 2.75) is 0 Å². The molecule has 0 aliphatic carbocycles. The number of hydrogen-bond donors (Lipinski definition) is 0. The van der Waals surface area contributed by atoms with E-state index in [4.69, 9.17) is 9.47 Å². The zero-order valence-electron chi connectivity index (χ0n) is 10.3. The van der Waals surface area contributed by atoms with Gasteiger partial charge in [0.1, 0.15) is 0 Å². The Morgan fingerprint density at radius 3 is 1.44 bits per heavy atom. The molecule has 2 aromatic rings. The third-order valence-electron chi connectivity index (χ3n) is 2.44. The van der Waals surface area contributed by atoms with Gasteiger partial charge in [0.05, 0.1) is 0 Å². The van der Waals surface area contributed by atoms with Gasteiger partial charge in [-0.3, -0.25) is 0 Å². The second-order valence-corrected chi connectivity index (χ2v) is 10.8. The van der Waals surface area contributed by atoms with Crippen LogP contribution >= 0.6 is 0 Å². The van der Waals surface area contributed by atoms with Gasteiger partial charge < -0.3 is 0 Å². The summed E-state index contributed by atoms with van der Waals surface area (Å²) in [4.78, 5) is 0. The van der Waals surface area contributed by atoms with Crippen molar-refractivity contribution in [3.05, 3.63) is 48.5 Å². The van der Waals surface area contributed by atoms with Gasteiger partial charge >= 0.3 is 119 Å². The van der Waals surface area contributed by atoms with E-state index in [9.17, 15) is 0 Å². The van der Waals surface area contributed by atoms with Gasteiger partial charge in [0.2, 0.25) is 0 Å². The number of hydrogen-bond acceptors (Lipinski definition) is 2. The third-order valence-corrected chi connectivity index (χ3v) is 10.9. The van der Waals surface area contributed by atoms with Crippen LogP contribution in [0.25, 0.3) is 0 Å². The van der Waals surface area contributed by atoms with Crippen molar-refractivity contribution in [3.8, 4) is 11.5 Å². The maximum atomic E-state index is 5.40. The molecule has 0 bridgehead atoms. The fourth-order valence-electron chi connectivity index (χ4n) is 1.53. The third kappa shape index (κ3) is 3.34. The molecule has 4 heteroatoms. The van der Waals surface area contributed by atoms with E-state index in [1.165, 1.54) is 8.70 Å². The van der Waals surface area contributed by atoms with E-state index in [2.05, 4.69) is 24.3 Å². The monoisotopic (exact) mass is 364 g/mol. The molecule has 0 aromatic heterocycles. The molecular weight excluding hydrogens is 350 g/mol. The van der Waals surface area contributed by atoms with E-state index < -0.39 is 0 Å². The Labute approximate surface area is 118 Å². The summed E-state index contributed by atoms with van der Waals surface area (Å²) in [5.41, 5.74) is 0. The number of ether oxygens (including phenoxy) is 2. The summed E-state index contributed by atoms with van der Waals surface area (Å²) in [7, 11) is 3.47. The van der Waals surface area contributed by atoms with E-state index >= 15 is 0 Å². The molecule has 0 saturated heterocycles. The van der Waals surface area contributed by atoms with Crippen LogP contribution in [-0.4, -0.2) is 40.5 Å². The van der Waals surface area contributed by atoms with Gasteiger partial charge in [-0.25, -0.2) is 0 Å². The Hall–Kier alpha value is -0.843. The van der Waals surface area contributed by atoms with Crippen LogP contribution in [0.2, 0.25) is 0 Å². The normalized spacial score (nSPS) is 10.6. The Kier molecular flexibility index (Phi) is 5.22. The van der Waals surface area contributed by atoms with Crippen molar-refractivity contribution < 1.29 is 9.47 Å². The van der Waals surface area contributed by atoms with Crippen LogP contribution < -0.4 is 18.2 Å². The average molecular weight is 364 g/mol. The van der Waals surface area contributed by atoms with Gasteiger partial charge in [-0.15, -0.1) is 0 Å². The van der Waals surface area contributed by atoms with Crippen molar-refractivity contribution in [2.75, 3.05) is 14.2 Å². The zero-order valence-corrected chi connectivity index (χ0v) is 14.1. The van der Waals surface area contributed by atoms with Crippen molar-refractivity contribution in [3.63, 3.8) is 0 Å². The molecule has 0 unspecified atom stereocenters. The minimum absolute atomic E-state index is 0.142. The molecule has 0 atom stereocenters. The molecule has 0 amide bonds.